The zero-order valence-electron chi connectivity index (χ0n) is 12.8. The molecular weight excluding hydrogens is 304 g/mol. The van der Waals surface area contributed by atoms with Crippen LogP contribution in [0.4, 0.5) is 8.78 Å². The van der Waals surface area contributed by atoms with Gasteiger partial charge in [0.25, 0.3) is 5.91 Å². The standard InChI is InChI=1S/C17H17F2NO3/c1-11(23-13-7-8-14(18)15(19)9-13)17(21)20-10-12-5-3-4-6-16(12)22-2/h3-9,11H,10H2,1-2H3,(H,20,21). The van der Waals surface area contributed by atoms with Crippen LogP contribution in [0.25, 0.3) is 0 Å². The average molecular weight is 321 g/mol. The highest BCUT2D eigenvalue weighted by molar-refractivity contribution is 5.80. The van der Waals surface area contributed by atoms with Crippen molar-refractivity contribution < 1.29 is 23.0 Å². The maximum Gasteiger partial charge on any atom is 0.261 e. The molecule has 23 heavy (non-hydrogen) atoms. The number of para-hydroxylation sites is 1. The van der Waals surface area contributed by atoms with Gasteiger partial charge in [-0.1, -0.05) is 18.2 Å². The first kappa shape index (κ1) is 16.7. The number of hydrogen-bond donors (Lipinski definition) is 1. The number of carbonyl (C=O) groups excluding carboxylic acids is 1. The number of halogens is 2. The predicted octanol–water partition coefficient (Wildman–Crippen LogP) is 3.06. The van der Waals surface area contributed by atoms with Crippen molar-refractivity contribution in [1.29, 1.82) is 0 Å². The van der Waals surface area contributed by atoms with E-state index in [0.29, 0.717) is 5.75 Å². The summed E-state index contributed by atoms with van der Waals surface area (Å²) in [5.41, 5.74) is 0.823. The number of benzene rings is 2. The summed E-state index contributed by atoms with van der Waals surface area (Å²) >= 11 is 0. The van der Waals surface area contributed by atoms with E-state index >= 15 is 0 Å². The minimum absolute atomic E-state index is 0.0869. The van der Waals surface area contributed by atoms with Gasteiger partial charge in [0.1, 0.15) is 11.5 Å². The van der Waals surface area contributed by atoms with Crippen molar-refractivity contribution in [2.24, 2.45) is 0 Å². The average Bonchev–Trinajstić information content (AvgIpc) is 2.56. The Morgan fingerprint density at radius 1 is 1.17 bits per heavy atom. The van der Waals surface area contributed by atoms with Gasteiger partial charge in [0.15, 0.2) is 17.7 Å². The Labute approximate surface area is 133 Å². The SMILES string of the molecule is COc1ccccc1CNC(=O)C(C)Oc1ccc(F)c(F)c1. The molecule has 0 saturated heterocycles. The van der Waals surface area contributed by atoms with Gasteiger partial charge >= 0.3 is 0 Å². The summed E-state index contributed by atoms with van der Waals surface area (Å²) in [5, 5.41) is 2.71. The number of nitrogens with one attached hydrogen (secondary N) is 1. The fourth-order valence-electron chi connectivity index (χ4n) is 1.98. The highest BCUT2D eigenvalue weighted by Gasteiger charge is 2.16. The van der Waals surface area contributed by atoms with Crippen molar-refractivity contribution in [1.82, 2.24) is 5.32 Å². The minimum atomic E-state index is -1.02. The van der Waals surface area contributed by atoms with E-state index in [1.54, 1.807) is 13.2 Å². The zero-order chi connectivity index (χ0) is 16.8. The Morgan fingerprint density at radius 3 is 2.61 bits per heavy atom. The first-order chi connectivity index (χ1) is 11.0. The molecule has 2 aromatic carbocycles. The number of amides is 1. The summed E-state index contributed by atoms with van der Waals surface area (Å²) in [5.74, 6) is -1.61. The Balaban J connectivity index is 1.93. The van der Waals surface area contributed by atoms with E-state index in [2.05, 4.69) is 5.32 Å². The predicted molar refractivity (Wildman–Crippen MR) is 81.3 cm³/mol. The lowest BCUT2D eigenvalue weighted by atomic mass is 10.2. The van der Waals surface area contributed by atoms with E-state index in [-0.39, 0.29) is 18.2 Å². The van der Waals surface area contributed by atoms with Gasteiger partial charge in [-0.2, -0.15) is 0 Å². The summed E-state index contributed by atoms with van der Waals surface area (Å²) in [6, 6.07) is 10.4. The molecule has 0 bridgehead atoms. The van der Waals surface area contributed by atoms with E-state index in [1.165, 1.54) is 13.0 Å². The Kier molecular flexibility index (Phi) is 5.51. The highest BCUT2D eigenvalue weighted by atomic mass is 19.2. The monoisotopic (exact) mass is 321 g/mol. The van der Waals surface area contributed by atoms with E-state index in [0.717, 1.165) is 17.7 Å². The van der Waals surface area contributed by atoms with Crippen LogP contribution in [0.1, 0.15) is 12.5 Å². The molecule has 0 spiro atoms. The zero-order valence-corrected chi connectivity index (χ0v) is 12.8. The Morgan fingerprint density at radius 2 is 1.91 bits per heavy atom. The fraction of sp³-hybridized carbons (Fsp3) is 0.235. The van der Waals surface area contributed by atoms with Crippen LogP contribution in [0.15, 0.2) is 42.5 Å². The second-order valence-electron chi connectivity index (χ2n) is 4.87. The smallest absolute Gasteiger partial charge is 0.261 e. The van der Waals surface area contributed by atoms with E-state index in [9.17, 15) is 13.6 Å². The van der Waals surface area contributed by atoms with Crippen LogP contribution in [0.5, 0.6) is 11.5 Å². The molecule has 4 nitrogen and oxygen atoms in total. The molecule has 2 aromatic rings. The molecule has 2 rings (SSSR count). The van der Waals surface area contributed by atoms with E-state index in [1.807, 2.05) is 18.2 Å². The number of carbonyl (C=O) groups is 1. The van der Waals surface area contributed by atoms with Gasteiger partial charge < -0.3 is 14.8 Å². The van der Waals surface area contributed by atoms with Crippen LogP contribution < -0.4 is 14.8 Å². The third-order valence-electron chi connectivity index (χ3n) is 3.22. The van der Waals surface area contributed by atoms with Crippen LogP contribution >= 0.6 is 0 Å². The van der Waals surface area contributed by atoms with Crippen LogP contribution in [0, 0.1) is 11.6 Å². The molecule has 0 radical (unpaired) electrons. The quantitative estimate of drug-likeness (QED) is 0.889. The summed E-state index contributed by atoms with van der Waals surface area (Å²) in [4.78, 5) is 12.0. The van der Waals surface area contributed by atoms with E-state index < -0.39 is 17.7 Å². The molecule has 1 amide bonds. The van der Waals surface area contributed by atoms with Gasteiger partial charge in [0.05, 0.1) is 7.11 Å². The van der Waals surface area contributed by atoms with Crippen LogP contribution in [-0.4, -0.2) is 19.1 Å². The maximum atomic E-state index is 13.1. The summed E-state index contributed by atoms with van der Waals surface area (Å²) in [6.07, 6.45) is -0.852. The third-order valence-corrected chi connectivity index (χ3v) is 3.22. The van der Waals surface area contributed by atoms with Gasteiger partial charge in [-0.25, -0.2) is 8.78 Å². The molecule has 0 aliphatic rings. The highest BCUT2D eigenvalue weighted by Crippen LogP contribution is 2.18. The van der Waals surface area contributed by atoms with Gasteiger partial charge in [-0.15, -0.1) is 0 Å². The molecule has 0 fully saturated rings. The number of ether oxygens (including phenoxy) is 2. The molecule has 0 heterocycles. The lowest BCUT2D eigenvalue weighted by molar-refractivity contribution is -0.127. The second kappa shape index (κ2) is 7.58. The van der Waals surface area contributed by atoms with Gasteiger partial charge in [-0.3, -0.25) is 4.79 Å². The minimum Gasteiger partial charge on any atom is -0.496 e. The van der Waals surface area contributed by atoms with Crippen molar-refractivity contribution in [2.75, 3.05) is 7.11 Å². The van der Waals surface area contributed by atoms with Crippen molar-refractivity contribution in [3.05, 3.63) is 59.7 Å². The van der Waals surface area contributed by atoms with Gasteiger partial charge in [0, 0.05) is 18.2 Å². The van der Waals surface area contributed by atoms with Crippen molar-refractivity contribution in [2.45, 2.75) is 19.6 Å². The maximum absolute atomic E-state index is 13.1. The normalized spacial score (nSPS) is 11.7. The second-order valence-corrected chi connectivity index (χ2v) is 4.87. The van der Waals surface area contributed by atoms with Crippen LogP contribution in [-0.2, 0) is 11.3 Å². The molecule has 0 aliphatic heterocycles. The molecule has 0 aromatic heterocycles. The molecule has 6 heteroatoms. The lowest BCUT2D eigenvalue weighted by Gasteiger charge is -2.15. The number of hydrogen-bond acceptors (Lipinski definition) is 3. The Hall–Kier alpha value is -2.63. The van der Waals surface area contributed by atoms with Crippen molar-refractivity contribution in [3.8, 4) is 11.5 Å². The molecule has 1 atom stereocenters. The summed E-state index contributed by atoms with van der Waals surface area (Å²) in [7, 11) is 1.55. The molecule has 0 aliphatic carbocycles. The Bertz CT molecular complexity index is 691. The lowest BCUT2D eigenvalue weighted by Crippen LogP contribution is -2.36. The number of methoxy groups -OCH3 is 1. The largest absolute Gasteiger partial charge is 0.496 e. The van der Waals surface area contributed by atoms with Gasteiger partial charge in [0.2, 0.25) is 0 Å². The molecule has 1 unspecified atom stereocenters. The molecule has 0 saturated carbocycles. The summed E-state index contributed by atoms with van der Waals surface area (Å²) < 4.78 is 36.5. The van der Waals surface area contributed by atoms with E-state index in [4.69, 9.17) is 9.47 Å². The molecule has 122 valence electrons. The first-order valence-electron chi connectivity index (χ1n) is 7.02. The van der Waals surface area contributed by atoms with Crippen LogP contribution in [0.2, 0.25) is 0 Å². The molecule has 1 N–H and O–H groups in total. The van der Waals surface area contributed by atoms with Crippen LogP contribution in [0.3, 0.4) is 0 Å². The number of rotatable bonds is 6. The summed E-state index contributed by atoms with van der Waals surface area (Å²) in [6.45, 7) is 1.80. The molecular formula is C17H17F2NO3. The fourth-order valence-corrected chi connectivity index (χ4v) is 1.98. The van der Waals surface area contributed by atoms with Crippen molar-refractivity contribution >= 4 is 5.91 Å². The topological polar surface area (TPSA) is 47.6 Å². The van der Waals surface area contributed by atoms with Crippen molar-refractivity contribution in [3.63, 3.8) is 0 Å². The third kappa shape index (κ3) is 4.42. The first-order valence-corrected chi connectivity index (χ1v) is 7.02. The van der Waals surface area contributed by atoms with Gasteiger partial charge in [-0.05, 0) is 25.1 Å².